The van der Waals surface area contributed by atoms with Crippen molar-refractivity contribution in [2.75, 3.05) is 6.61 Å². The highest BCUT2D eigenvalue weighted by atomic mass is 16.5. The molecule has 0 amide bonds. The average molecular weight is 205 g/mol. The van der Waals surface area contributed by atoms with Gasteiger partial charge in [-0.05, 0) is 37.0 Å². The molecular formula is C13H19NO. The first-order valence-corrected chi connectivity index (χ1v) is 5.83. The highest BCUT2D eigenvalue weighted by molar-refractivity contribution is 5.28. The molecule has 0 radical (unpaired) electrons. The molecule has 0 aromatic heterocycles. The van der Waals surface area contributed by atoms with Crippen LogP contribution in [0.3, 0.4) is 0 Å². The highest BCUT2D eigenvalue weighted by Crippen LogP contribution is 2.20. The van der Waals surface area contributed by atoms with E-state index in [-0.39, 0.29) is 0 Å². The van der Waals surface area contributed by atoms with Gasteiger partial charge in [0, 0.05) is 12.6 Å². The van der Waals surface area contributed by atoms with Gasteiger partial charge in [0.15, 0.2) is 0 Å². The van der Waals surface area contributed by atoms with E-state index in [0.717, 1.165) is 31.4 Å². The van der Waals surface area contributed by atoms with Crippen molar-refractivity contribution in [2.45, 2.75) is 38.8 Å². The number of hydrogen-bond donors (Lipinski definition) is 1. The third-order valence-corrected chi connectivity index (χ3v) is 2.54. The largest absolute Gasteiger partial charge is 0.494 e. The fourth-order valence-corrected chi connectivity index (χ4v) is 1.51. The third kappa shape index (κ3) is 3.56. The van der Waals surface area contributed by atoms with Crippen LogP contribution in [-0.4, -0.2) is 12.6 Å². The molecule has 1 aliphatic rings. The molecule has 1 N–H and O–H groups in total. The summed E-state index contributed by atoms with van der Waals surface area (Å²) in [4.78, 5) is 0. The summed E-state index contributed by atoms with van der Waals surface area (Å²) in [6, 6.07) is 9.13. The van der Waals surface area contributed by atoms with E-state index in [1.165, 1.54) is 18.4 Å². The first-order valence-electron chi connectivity index (χ1n) is 5.83. The van der Waals surface area contributed by atoms with Gasteiger partial charge in [-0.2, -0.15) is 0 Å². The Morgan fingerprint density at radius 1 is 1.40 bits per heavy atom. The first kappa shape index (κ1) is 10.5. The Bertz CT molecular complexity index is 307. The lowest BCUT2D eigenvalue weighted by Gasteiger charge is -2.07. The second-order valence-corrected chi connectivity index (χ2v) is 4.15. The Kier molecular flexibility index (Phi) is 3.62. The standard InChI is InChI=1S/C13H19NO/c1-2-8-15-13-5-3-4-11(9-13)10-14-12-6-7-12/h3-5,9,12,14H,2,6-8,10H2,1H3. The molecule has 1 aliphatic carbocycles. The maximum absolute atomic E-state index is 5.59. The highest BCUT2D eigenvalue weighted by Gasteiger charge is 2.19. The van der Waals surface area contributed by atoms with Crippen LogP contribution in [0.4, 0.5) is 0 Å². The zero-order chi connectivity index (χ0) is 10.5. The third-order valence-electron chi connectivity index (χ3n) is 2.54. The summed E-state index contributed by atoms with van der Waals surface area (Å²) >= 11 is 0. The SMILES string of the molecule is CCCOc1cccc(CNC2CC2)c1. The van der Waals surface area contributed by atoms with E-state index in [0.29, 0.717) is 0 Å². The van der Waals surface area contributed by atoms with Crippen LogP contribution < -0.4 is 10.1 Å². The molecule has 2 rings (SSSR count). The predicted octanol–water partition coefficient (Wildman–Crippen LogP) is 2.73. The lowest BCUT2D eigenvalue weighted by molar-refractivity contribution is 0.317. The fourth-order valence-electron chi connectivity index (χ4n) is 1.51. The average Bonchev–Trinajstić information content (AvgIpc) is 3.08. The van der Waals surface area contributed by atoms with Gasteiger partial charge >= 0.3 is 0 Å². The molecule has 1 aromatic carbocycles. The Labute approximate surface area is 91.6 Å². The monoisotopic (exact) mass is 205 g/mol. The van der Waals surface area contributed by atoms with Crippen molar-refractivity contribution in [2.24, 2.45) is 0 Å². The summed E-state index contributed by atoms with van der Waals surface area (Å²) in [6.45, 7) is 3.89. The van der Waals surface area contributed by atoms with Gasteiger partial charge in [-0.1, -0.05) is 19.1 Å². The number of rotatable bonds is 6. The van der Waals surface area contributed by atoms with E-state index in [2.05, 4.69) is 30.4 Å². The smallest absolute Gasteiger partial charge is 0.119 e. The molecule has 2 nitrogen and oxygen atoms in total. The van der Waals surface area contributed by atoms with Crippen molar-refractivity contribution in [1.82, 2.24) is 5.32 Å². The van der Waals surface area contributed by atoms with Gasteiger partial charge in [-0.15, -0.1) is 0 Å². The number of ether oxygens (including phenoxy) is 1. The van der Waals surface area contributed by atoms with Crippen molar-refractivity contribution >= 4 is 0 Å². The van der Waals surface area contributed by atoms with E-state index in [9.17, 15) is 0 Å². The predicted molar refractivity (Wildman–Crippen MR) is 62.1 cm³/mol. The van der Waals surface area contributed by atoms with Crippen LogP contribution >= 0.6 is 0 Å². The zero-order valence-electron chi connectivity index (χ0n) is 9.33. The van der Waals surface area contributed by atoms with Gasteiger partial charge in [0.1, 0.15) is 5.75 Å². The second kappa shape index (κ2) is 5.17. The maximum atomic E-state index is 5.59. The molecule has 0 heterocycles. The molecule has 0 aliphatic heterocycles. The normalized spacial score (nSPS) is 15.3. The molecule has 15 heavy (non-hydrogen) atoms. The van der Waals surface area contributed by atoms with Crippen molar-refractivity contribution in [1.29, 1.82) is 0 Å². The summed E-state index contributed by atoms with van der Waals surface area (Å²) in [5, 5.41) is 3.50. The lowest BCUT2D eigenvalue weighted by Crippen LogP contribution is -2.15. The minimum Gasteiger partial charge on any atom is -0.494 e. The Morgan fingerprint density at radius 2 is 2.27 bits per heavy atom. The molecule has 0 spiro atoms. The molecule has 82 valence electrons. The number of benzene rings is 1. The molecule has 0 unspecified atom stereocenters. The van der Waals surface area contributed by atoms with E-state index in [1.54, 1.807) is 0 Å². The molecule has 0 saturated heterocycles. The van der Waals surface area contributed by atoms with Crippen molar-refractivity contribution in [3.8, 4) is 5.75 Å². The van der Waals surface area contributed by atoms with Crippen LogP contribution in [0.25, 0.3) is 0 Å². The molecule has 0 bridgehead atoms. The van der Waals surface area contributed by atoms with Crippen molar-refractivity contribution < 1.29 is 4.74 Å². The summed E-state index contributed by atoms with van der Waals surface area (Å²) in [5.74, 6) is 0.993. The number of hydrogen-bond acceptors (Lipinski definition) is 2. The molecule has 1 fully saturated rings. The summed E-state index contributed by atoms with van der Waals surface area (Å²) in [6.07, 6.45) is 3.74. The molecular weight excluding hydrogens is 186 g/mol. The van der Waals surface area contributed by atoms with Gasteiger partial charge in [-0.3, -0.25) is 0 Å². The summed E-state index contributed by atoms with van der Waals surface area (Å²) in [5.41, 5.74) is 1.32. The van der Waals surface area contributed by atoms with Crippen LogP contribution in [-0.2, 0) is 6.54 Å². The van der Waals surface area contributed by atoms with E-state index < -0.39 is 0 Å². The van der Waals surface area contributed by atoms with E-state index in [1.807, 2.05) is 6.07 Å². The van der Waals surface area contributed by atoms with Gasteiger partial charge < -0.3 is 10.1 Å². The molecule has 1 aromatic rings. The van der Waals surface area contributed by atoms with Gasteiger partial charge in [0.2, 0.25) is 0 Å². The summed E-state index contributed by atoms with van der Waals surface area (Å²) in [7, 11) is 0. The van der Waals surface area contributed by atoms with Gasteiger partial charge in [-0.25, -0.2) is 0 Å². The molecule has 2 heteroatoms. The van der Waals surface area contributed by atoms with Crippen LogP contribution in [0.5, 0.6) is 5.75 Å². The maximum Gasteiger partial charge on any atom is 0.119 e. The zero-order valence-corrected chi connectivity index (χ0v) is 9.33. The van der Waals surface area contributed by atoms with Crippen LogP contribution in [0.15, 0.2) is 24.3 Å². The van der Waals surface area contributed by atoms with Crippen molar-refractivity contribution in [3.63, 3.8) is 0 Å². The van der Waals surface area contributed by atoms with Gasteiger partial charge in [0.25, 0.3) is 0 Å². The quantitative estimate of drug-likeness (QED) is 0.771. The Balaban J connectivity index is 1.85. The van der Waals surface area contributed by atoms with Crippen LogP contribution in [0.2, 0.25) is 0 Å². The molecule has 0 atom stereocenters. The Hall–Kier alpha value is -1.02. The van der Waals surface area contributed by atoms with E-state index in [4.69, 9.17) is 4.74 Å². The summed E-state index contributed by atoms with van der Waals surface area (Å²) < 4.78 is 5.59. The Morgan fingerprint density at radius 3 is 3.00 bits per heavy atom. The first-order chi connectivity index (χ1) is 7.38. The van der Waals surface area contributed by atoms with E-state index >= 15 is 0 Å². The van der Waals surface area contributed by atoms with Crippen molar-refractivity contribution in [3.05, 3.63) is 29.8 Å². The minimum atomic E-state index is 0.769. The van der Waals surface area contributed by atoms with Crippen LogP contribution in [0.1, 0.15) is 31.7 Å². The minimum absolute atomic E-state index is 0.769. The lowest BCUT2D eigenvalue weighted by atomic mass is 10.2. The topological polar surface area (TPSA) is 21.3 Å². The van der Waals surface area contributed by atoms with Gasteiger partial charge in [0.05, 0.1) is 6.61 Å². The van der Waals surface area contributed by atoms with Crippen LogP contribution in [0, 0.1) is 0 Å². The second-order valence-electron chi connectivity index (χ2n) is 4.15. The number of nitrogens with one attached hydrogen (secondary N) is 1. The fraction of sp³-hybridized carbons (Fsp3) is 0.538. The molecule has 1 saturated carbocycles.